The summed E-state index contributed by atoms with van der Waals surface area (Å²) in [5, 5.41) is 0. The molecule has 0 aliphatic carbocycles. The van der Waals surface area contributed by atoms with Gasteiger partial charge in [0.05, 0.1) is 0 Å². The summed E-state index contributed by atoms with van der Waals surface area (Å²) in [5.41, 5.74) is -1.41. The molecule has 1 aliphatic rings. The molecule has 2 rings (SSSR count). The Morgan fingerprint density at radius 1 is 1.07 bits per heavy atom. The fraction of sp³-hybridized carbons (Fsp3) is 0.625. The SMILES string of the molecule is C[C@H](CC(=O)N1C(=O)C(C)(C)N(C(=O)OC(C)(C)C)[C@@H]1C(C)(C)C)c1ccccc1. The van der Waals surface area contributed by atoms with Crippen molar-refractivity contribution in [3.8, 4) is 0 Å². The summed E-state index contributed by atoms with van der Waals surface area (Å²) in [6.45, 7) is 16.4. The molecule has 0 spiro atoms. The van der Waals surface area contributed by atoms with Gasteiger partial charge in [-0.15, -0.1) is 0 Å². The van der Waals surface area contributed by atoms with Gasteiger partial charge in [-0.25, -0.2) is 4.79 Å². The lowest BCUT2D eigenvalue weighted by Crippen LogP contribution is -2.56. The van der Waals surface area contributed by atoms with E-state index < -0.39 is 28.8 Å². The van der Waals surface area contributed by atoms with Crippen molar-refractivity contribution in [2.75, 3.05) is 0 Å². The number of hydrogen-bond donors (Lipinski definition) is 0. The van der Waals surface area contributed by atoms with Crippen LogP contribution >= 0.6 is 0 Å². The monoisotopic (exact) mass is 416 g/mol. The van der Waals surface area contributed by atoms with Crippen LogP contribution < -0.4 is 0 Å². The predicted octanol–water partition coefficient (Wildman–Crippen LogP) is 4.94. The zero-order valence-corrected chi connectivity index (χ0v) is 19.8. The Morgan fingerprint density at radius 3 is 2.07 bits per heavy atom. The number of amides is 3. The van der Waals surface area contributed by atoms with Crippen LogP contribution in [0.3, 0.4) is 0 Å². The molecule has 30 heavy (non-hydrogen) atoms. The van der Waals surface area contributed by atoms with Gasteiger partial charge >= 0.3 is 6.09 Å². The summed E-state index contributed by atoms with van der Waals surface area (Å²) in [7, 11) is 0. The number of benzene rings is 1. The van der Waals surface area contributed by atoms with Gasteiger partial charge in [0.1, 0.15) is 17.3 Å². The van der Waals surface area contributed by atoms with Crippen LogP contribution in [-0.4, -0.2) is 45.0 Å². The summed E-state index contributed by atoms with van der Waals surface area (Å²) < 4.78 is 5.61. The average Bonchev–Trinajstić information content (AvgIpc) is 2.81. The molecule has 6 nitrogen and oxygen atoms in total. The predicted molar refractivity (Wildman–Crippen MR) is 117 cm³/mol. The smallest absolute Gasteiger partial charge is 0.412 e. The Hall–Kier alpha value is -2.37. The highest BCUT2D eigenvalue weighted by Crippen LogP contribution is 2.41. The van der Waals surface area contributed by atoms with Crippen LogP contribution in [0, 0.1) is 5.41 Å². The third-order valence-electron chi connectivity index (χ3n) is 5.32. The molecular formula is C24H36N2O4. The molecule has 0 bridgehead atoms. The Labute approximate surface area is 180 Å². The number of hydrogen-bond acceptors (Lipinski definition) is 4. The minimum Gasteiger partial charge on any atom is -0.444 e. The van der Waals surface area contributed by atoms with Gasteiger partial charge in [-0.1, -0.05) is 58.0 Å². The lowest BCUT2D eigenvalue weighted by atomic mass is 9.90. The van der Waals surface area contributed by atoms with Crippen molar-refractivity contribution in [2.45, 2.75) is 92.0 Å². The molecular weight excluding hydrogens is 380 g/mol. The van der Waals surface area contributed by atoms with Gasteiger partial charge in [0.15, 0.2) is 0 Å². The van der Waals surface area contributed by atoms with Crippen LogP contribution in [0.5, 0.6) is 0 Å². The van der Waals surface area contributed by atoms with Crippen LogP contribution in [0.1, 0.15) is 80.2 Å². The highest BCUT2D eigenvalue weighted by atomic mass is 16.6. The van der Waals surface area contributed by atoms with E-state index in [4.69, 9.17) is 4.74 Å². The Bertz CT molecular complexity index is 803. The fourth-order valence-electron chi connectivity index (χ4n) is 3.85. The lowest BCUT2D eigenvalue weighted by Gasteiger charge is -2.41. The van der Waals surface area contributed by atoms with Gasteiger partial charge in [0.25, 0.3) is 5.91 Å². The van der Waals surface area contributed by atoms with Gasteiger partial charge in [-0.05, 0) is 46.1 Å². The van der Waals surface area contributed by atoms with E-state index >= 15 is 0 Å². The first-order valence-electron chi connectivity index (χ1n) is 10.5. The Balaban J connectivity index is 2.41. The largest absolute Gasteiger partial charge is 0.444 e. The van der Waals surface area contributed by atoms with Gasteiger partial charge in [-0.3, -0.25) is 19.4 Å². The van der Waals surface area contributed by atoms with E-state index in [1.54, 1.807) is 34.6 Å². The second kappa shape index (κ2) is 8.05. The summed E-state index contributed by atoms with van der Waals surface area (Å²) in [6, 6.07) is 9.74. The molecule has 1 aromatic carbocycles. The second-order valence-corrected chi connectivity index (χ2v) is 10.7. The standard InChI is InChI=1S/C24H36N2O4/c1-16(17-13-11-10-12-14-17)15-18(27)25-19(22(2,3)4)26(24(8,9)20(25)28)21(29)30-23(5,6)7/h10-14,16,19H,15H2,1-9H3/t16-,19-/m1/s1. The summed E-state index contributed by atoms with van der Waals surface area (Å²) in [4.78, 5) is 42.6. The van der Waals surface area contributed by atoms with E-state index in [1.165, 1.54) is 9.80 Å². The summed E-state index contributed by atoms with van der Waals surface area (Å²) >= 11 is 0. The zero-order chi connectivity index (χ0) is 23.1. The minimum atomic E-state index is -1.19. The van der Waals surface area contributed by atoms with Crippen molar-refractivity contribution in [3.63, 3.8) is 0 Å². The maximum Gasteiger partial charge on any atom is 0.412 e. The second-order valence-electron chi connectivity index (χ2n) is 10.7. The Kier molecular flexibility index (Phi) is 6.41. The molecule has 1 aliphatic heterocycles. The topological polar surface area (TPSA) is 66.9 Å². The van der Waals surface area contributed by atoms with Crippen LogP contribution in [0.2, 0.25) is 0 Å². The maximum atomic E-state index is 13.4. The summed E-state index contributed by atoms with van der Waals surface area (Å²) in [5.74, 6) is -0.709. The number of imide groups is 1. The van der Waals surface area contributed by atoms with Gasteiger partial charge < -0.3 is 4.74 Å². The molecule has 0 unspecified atom stereocenters. The van der Waals surface area contributed by atoms with Crippen LogP contribution in [0.15, 0.2) is 30.3 Å². The van der Waals surface area contributed by atoms with E-state index in [-0.39, 0.29) is 24.2 Å². The number of ether oxygens (including phenoxy) is 1. The number of nitrogens with zero attached hydrogens (tertiary/aromatic N) is 2. The van der Waals surface area contributed by atoms with Gasteiger partial charge in [-0.2, -0.15) is 0 Å². The normalized spacial score (nSPS) is 20.3. The first-order chi connectivity index (χ1) is 13.6. The van der Waals surface area contributed by atoms with Crippen LogP contribution in [0.4, 0.5) is 4.79 Å². The third kappa shape index (κ3) is 4.85. The zero-order valence-electron chi connectivity index (χ0n) is 19.8. The summed E-state index contributed by atoms with van der Waals surface area (Å²) in [6.07, 6.45) is -1.14. The quantitative estimate of drug-likeness (QED) is 0.700. The van der Waals surface area contributed by atoms with Gasteiger partial charge in [0.2, 0.25) is 5.91 Å². The molecule has 0 N–H and O–H groups in total. The van der Waals surface area contributed by atoms with Crippen molar-refractivity contribution >= 4 is 17.9 Å². The van der Waals surface area contributed by atoms with E-state index in [0.717, 1.165) is 5.56 Å². The lowest BCUT2D eigenvalue weighted by molar-refractivity contribution is -0.147. The van der Waals surface area contributed by atoms with Crippen molar-refractivity contribution < 1.29 is 19.1 Å². The Morgan fingerprint density at radius 2 is 1.60 bits per heavy atom. The van der Waals surface area contributed by atoms with E-state index in [0.29, 0.717) is 0 Å². The van der Waals surface area contributed by atoms with E-state index in [2.05, 4.69) is 0 Å². The number of carbonyl (C=O) groups is 3. The fourth-order valence-corrected chi connectivity index (χ4v) is 3.85. The number of carbonyl (C=O) groups excluding carboxylic acids is 3. The van der Waals surface area contributed by atoms with Crippen molar-refractivity contribution in [2.24, 2.45) is 5.41 Å². The van der Waals surface area contributed by atoms with Crippen molar-refractivity contribution in [1.29, 1.82) is 0 Å². The molecule has 2 atom stereocenters. The van der Waals surface area contributed by atoms with Crippen molar-refractivity contribution in [3.05, 3.63) is 35.9 Å². The molecule has 1 heterocycles. The van der Waals surface area contributed by atoms with Crippen LogP contribution in [0.25, 0.3) is 0 Å². The maximum absolute atomic E-state index is 13.4. The van der Waals surface area contributed by atoms with Gasteiger partial charge in [0, 0.05) is 11.8 Å². The van der Waals surface area contributed by atoms with E-state index in [9.17, 15) is 14.4 Å². The average molecular weight is 417 g/mol. The molecule has 0 saturated carbocycles. The first-order valence-corrected chi connectivity index (χ1v) is 10.5. The minimum absolute atomic E-state index is 0.0502. The number of rotatable bonds is 3. The first kappa shape index (κ1) is 23.9. The molecule has 6 heteroatoms. The molecule has 166 valence electrons. The highest BCUT2D eigenvalue weighted by molar-refractivity contribution is 6.04. The molecule has 1 fully saturated rings. The highest BCUT2D eigenvalue weighted by Gasteiger charge is 2.60. The molecule has 1 aromatic rings. The molecule has 0 aromatic heterocycles. The molecule has 3 amide bonds. The molecule has 0 radical (unpaired) electrons. The third-order valence-corrected chi connectivity index (χ3v) is 5.32. The van der Waals surface area contributed by atoms with Crippen LogP contribution in [-0.2, 0) is 14.3 Å². The van der Waals surface area contributed by atoms with Crippen molar-refractivity contribution in [1.82, 2.24) is 9.80 Å². The molecule has 1 saturated heterocycles. The van der Waals surface area contributed by atoms with E-state index in [1.807, 2.05) is 58.0 Å².